The molecule has 0 aliphatic heterocycles. The molecule has 28 heavy (non-hydrogen) atoms. The highest BCUT2D eigenvalue weighted by Gasteiger charge is 2.37. The van der Waals surface area contributed by atoms with E-state index in [0.29, 0.717) is 36.8 Å². The molecule has 0 unspecified atom stereocenters. The summed E-state index contributed by atoms with van der Waals surface area (Å²) >= 11 is 0. The zero-order valence-electron chi connectivity index (χ0n) is 16.5. The predicted octanol–water partition coefficient (Wildman–Crippen LogP) is 3.87. The molecular weight excluding hydrogens is 371 g/mol. The third-order valence-corrected chi connectivity index (χ3v) is 5.57. The molecule has 9 heteroatoms. The summed E-state index contributed by atoms with van der Waals surface area (Å²) in [5.74, 6) is -1.19. The highest BCUT2D eigenvalue weighted by Crippen LogP contribution is 2.27. The Morgan fingerprint density at radius 3 is 2.46 bits per heavy atom. The van der Waals surface area contributed by atoms with Crippen molar-refractivity contribution in [3.63, 3.8) is 0 Å². The first-order valence-electron chi connectivity index (χ1n) is 9.82. The van der Waals surface area contributed by atoms with Gasteiger partial charge in [-0.1, -0.05) is 19.3 Å². The van der Waals surface area contributed by atoms with E-state index in [1.165, 1.54) is 6.42 Å². The zero-order chi connectivity index (χ0) is 20.5. The Hall–Kier alpha value is -2.19. The van der Waals surface area contributed by atoms with E-state index in [1.807, 2.05) is 11.8 Å². The van der Waals surface area contributed by atoms with Gasteiger partial charge in [0, 0.05) is 30.4 Å². The number of carbonyl (C=O) groups excluding carboxylic acids is 1. The van der Waals surface area contributed by atoms with Crippen LogP contribution in [0.25, 0.3) is 5.78 Å². The molecule has 0 spiro atoms. The van der Waals surface area contributed by atoms with Gasteiger partial charge in [0.15, 0.2) is 0 Å². The second-order valence-electron chi connectivity index (χ2n) is 7.38. The van der Waals surface area contributed by atoms with Crippen LogP contribution in [0.1, 0.15) is 68.2 Å². The molecule has 1 fully saturated rings. The minimum absolute atomic E-state index is 0.0743. The van der Waals surface area contributed by atoms with Crippen LogP contribution in [0.4, 0.5) is 13.2 Å². The lowest BCUT2D eigenvalue weighted by Gasteiger charge is -2.33. The van der Waals surface area contributed by atoms with E-state index in [4.69, 9.17) is 0 Å². The van der Waals surface area contributed by atoms with E-state index < -0.39 is 12.0 Å². The number of hydrogen-bond acceptors (Lipinski definition) is 4. The highest BCUT2D eigenvalue weighted by molar-refractivity contribution is 5.76. The summed E-state index contributed by atoms with van der Waals surface area (Å²) in [7, 11) is 0. The molecule has 6 nitrogen and oxygen atoms in total. The third-order valence-electron chi connectivity index (χ3n) is 5.57. The standard InChI is InChI=1S/C19H26F3N5O/c1-4-26(14-8-6-5-7-9-14)16(28)11-10-15-12(2)23-18-24-17(19(20,21)22)25-27(18)13(15)3/h14H,4-11H2,1-3H3. The summed E-state index contributed by atoms with van der Waals surface area (Å²) in [6.45, 7) is 6.09. The summed E-state index contributed by atoms with van der Waals surface area (Å²) in [4.78, 5) is 22.4. The summed E-state index contributed by atoms with van der Waals surface area (Å²) in [5.41, 5.74) is 1.87. The maximum absolute atomic E-state index is 12.9. The lowest BCUT2D eigenvalue weighted by atomic mass is 9.93. The minimum atomic E-state index is -4.62. The van der Waals surface area contributed by atoms with Gasteiger partial charge in [0.25, 0.3) is 11.6 Å². The fraction of sp³-hybridized carbons (Fsp3) is 0.684. The monoisotopic (exact) mass is 397 g/mol. The van der Waals surface area contributed by atoms with Crippen molar-refractivity contribution in [2.75, 3.05) is 6.54 Å². The molecule has 1 aliphatic rings. The van der Waals surface area contributed by atoms with Crippen molar-refractivity contribution in [3.05, 3.63) is 22.8 Å². The second kappa shape index (κ2) is 8.05. The topological polar surface area (TPSA) is 63.4 Å². The predicted molar refractivity (Wildman–Crippen MR) is 97.8 cm³/mol. The highest BCUT2D eigenvalue weighted by atomic mass is 19.4. The molecule has 2 aromatic rings. The molecule has 154 valence electrons. The molecule has 0 atom stereocenters. The van der Waals surface area contributed by atoms with Crippen molar-refractivity contribution in [1.29, 1.82) is 0 Å². The first-order valence-corrected chi connectivity index (χ1v) is 9.82. The number of amides is 1. The van der Waals surface area contributed by atoms with Gasteiger partial charge < -0.3 is 4.90 Å². The third kappa shape index (κ3) is 4.12. The van der Waals surface area contributed by atoms with Crippen molar-refractivity contribution < 1.29 is 18.0 Å². The number of alkyl halides is 3. The van der Waals surface area contributed by atoms with Gasteiger partial charge in [0.1, 0.15) is 0 Å². The maximum atomic E-state index is 12.9. The fourth-order valence-electron chi connectivity index (χ4n) is 4.10. The zero-order valence-corrected chi connectivity index (χ0v) is 16.5. The van der Waals surface area contributed by atoms with Crippen molar-refractivity contribution in [3.8, 4) is 0 Å². The van der Waals surface area contributed by atoms with Crippen molar-refractivity contribution in [1.82, 2.24) is 24.5 Å². The molecule has 0 bridgehead atoms. The Balaban J connectivity index is 1.78. The molecule has 1 amide bonds. The van der Waals surface area contributed by atoms with Crippen molar-refractivity contribution in [2.24, 2.45) is 0 Å². The number of rotatable bonds is 5. The van der Waals surface area contributed by atoms with E-state index in [0.717, 1.165) is 35.8 Å². The van der Waals surface area contributed by atoms with Crippen LogP contribution in [0.3, 0.4) is 0 Å². The lowest BCUT2D eigenvalue weighted by Crippen LogP contribution is -2.41. The van der Waals surface area contributed by atoms with Gasteiger partial charge in [-0.05, 0) is 45.6 Å². The summed E-state index contributed by atoms with van der Waals surface area (Å²) in [6.07, 6.45) is 1.73. The van der Waals surface area contributed by atoms with Gasteiger partial charge in [0.2, 0.25) is 5.91 Å². The number of aromatic nitrogens is 4. The van der Waals surface area contributed by atoms with Crippen LogP contribution in [0.2, 0.25) is 0 Å². The molecule has 1 aliphatic carbocycles. The Morgan fingerprint density at radius 2 is 1.86 bits per heavy atom. The first-order chi connectivity index (χ1) is 13.2. The number of fused-ring (bicyclic) bond motifs is 1. The molecule has 2 aromatic heterocycles. The normalized spacial score (nSPS) is 15.9. The SMILES string of the molecule is CCN(C(=O)CCc1c(C)nc2nc(C(F)(F)F)nn2c1C)C1CCCCC1. The number of nitrogens with zero attached hydrogens (tertiary/aromatic N) is 5. The van der Waals surface area contributed by atoms with Crippen LogP contribution in [0.15, 0.2) is 0 Å². The van der Waals surface area contributed by atoms with E-state index in [9.17, 15) is 18.0 Å². The number of carbonyl (C=O) groups is 1. The van der Waals surface area contributed by atoms with Crippen LogP contribution in [0, 0.1) is 13.8 Å². The summed E-state index contributed by atoms with van der Waals surface area (Å²) in [6, 6.07) is 0.304. The number of aryl methyl sites for hydroxylation is 2. The molecule has 1 saturated carbocycles. The molecule has 0 aromatic carbocycles. The second-order valence-corrected chi connectivity index (χ2v) is 7.38. The average Bonchev–Trinajstić information content (AvgIpc) is 3.07. The Kier molecular flexibility index (Phi) is 5.90. The van der Waals surface area contributed by atoms with Gasteiger partial charge in [-0.25, -0.2) is 9.50 Å². The summed E-state index contributed by atoms with van der Waals surface area (Å²) < 4.78 is 39.8. The van der Waals surface area contributed by atoms with Crippen LogP contribution >= 0.6 is 0 Å². The molecule has 2 heterocycles. The fourth-order valence-corrected chi connectivity index (χ4v) is 4.10. The molecule has 0 N–H and O–H groups in total. The Bertz CT molecular complexity index is 855. The van der Waals surface area contributed by atoms with Gasteiger partial charge in [-0.15, -0.1) is 5.10 Å². The van der Waals surface area contributed by atoms with Gasteiger partial charge >= 0.3 is 6.18 Å². The Labute approximate surface area is 162 Å². The van der Waals surface area contributed by atoms with Crippen LogP contribution in [-0.4, -0.2) is 43.0 Å². The van der Waals surface area contributed by atoms with E-state index >= 15 is 0 Å². The van der Waals surface area contributed by atoms with Gasteiger partial charge in [0.05, 0.1) is 0 Å². The number of halogens is 3. The first kappa shape index (κ1) is 20.5. The van der Waals surface area contributed by atoms with Crippen molar-refractivity contribution in [2.45, 2.75) is 77.9 Å². The Morgan fingerprint density at radius 1 is 1.18 bits per heavy atom. The minimum Gasteiger partial charge on any atom is -0.340 e. The maximum Gasteiger partial charge on any atom is 0.453 e. The van der Waals surface area contributed by atoms with Crippen LogP contribution in [0.5, 0.6) is 0 Å². The quantitative estimate of drug-likeness (QED) is 0.768. The lowest BCUT2D eigenvalue weighted by molar-refractivity contribution is -0.144. The van der Waals surface area contributed by atoms with E-state index in [-0.39, 0.29) is 11.7 Å². The van der Waals surface area contributed by atoms with Gasteiger partial charge in [-0.3, -0.25) is 4.79 Å². The molecule has 0 radical (unpaired) electrons. The van der Waals surface area contributed by atoms with Crippen LogP contribution in [-0.2, 0) is 17.4 Å². The smallest absolute Gasteiger partial charge is 0.340 e. The van der Waals surface area contributed by atoms with Gasteiger partial charge in [-0.2, -0.15) is 18.2 Å². The largest absolute Gasteiger partial charge is 0.453 e. The van der Waals surface area contributed by atoms with Crippen LogP contribution < -0.4 is 0 Å². The molecule has 3 rings (SSSR count). The molecular formula is C19H26F3N5O. The van der Waals surface area contributed by atoms with Crippen molar-refractivity contribution >= 4 is 11.7 Å². The molecule has 0 saturated heterocycles. The summed E-state index contributed by atoms with van der Waals surface area (Å²) in [5, 5.41) is 3.56. The van der Waals surface area contributed by atoms with E-state index in [2.05, 4.69) is 15.1 Å². The average molecular weight is 397 g/mol. The number of hydrogen-bond donors (Lipinski definition) is 0. The van der Waals surface area contributed by atoms with E-state index in [1.54, 1.807) is 13.8 Å².